The fourth-order valence-electron chi connectivity index (χ4n) is 4.78. The minimum atomic E-state index is -3.94. The quantitative estimate of drug-likeness (QED) is 0.476. The Labute approximate surface area is 244 Å². The molecule has 0 spiro atoms. The van der Waals surface area contributed by atoms with E-state index in [-0.39, 0.29) is 46.8 Å². The summed E-state index contributed by atoms with van der Waals surface area (Å²) >= 11 is 0. The number of amides is 1. The van der Waals surface area contributed by atoms with Gasteiger partial charge in [-0.25, -0.2) is 8.42 Å². The Hall–Kier alpha value is -2.86. The third-order valence-corrected chi connectivity index (χ3v) is 8.62. The molecule has 11 heteroatoms. The maximum absolute atomic E-state index is 14.1. The van der Waals surface area contributed by atoms with Crippen molar-refractivity contribution in [3.05, 3.63) is 48.0 Å². The lowest BCUT2D eigenvalue weighted by atomic mass is 10.0. The van der Waals surface area contributed by atoms with Crippen LogP contribution in [-0.2, 0) is 14.8 Å². The molecule has 4 atom stereocenters. The van der Waals surface area contributed by atoms with E-state index in [9.17, 15) is 18.3 Å². The van der Waals surface area contributed by atoms with Crippen molar-refractivity contribution in [3.63, 3.8) is 0 Å². The first-order valence-electron chi connectivity index (χ1n) is 14.1. The van der Waals surface area contributed by atoms with Crippen molar-refractivity contribution in [1.29, 1.82) is 0 Å². The van der Waals surface area contributed by atoms with Crippen molar-refractivity contribution in [3.8, 4) is 11.5 Å². The monoisotopic (exact) mass is 591 g/mol. The minimum absolute atomic E-state index is 0.0293. The number of hydrogen-bond acceptors (Lipinski definition) is 8. The Morgan fingerprint density at radius 1 is 1.15 bits per heavy atom. The normalized spacial score (nSPS) is 21.9. The van der Waals surface area contributed by atoms with Crippen LogP contribution in [0.25, 0.3) is 0 Å². The summed E-state index contributed by atoms with van der Waals surface area (Å²) in [5.74, 6) is 0.526. The third kappa shape index (κ3) is 9.06. The molecule has 0 aliphatic carbocycles. The second kappa shape index (κ2) is 14.9. The van der Waals surface area contributed by atoms with E-state index in [1.54, 1.807) is 36.1 Å². The summed E-state index contributed by atoms with van der Waals surface area (Å²) in [4.78, 5) is 17.9. The molecule has 2 aromatic carbocycles. The van der Waals surface area contributed by atoms with Gasteiger partial charge in [0, 0.05) is 31.3 Å². The van der Waals surface area contributed by atoms with Crippen molar-refractivity contribution in [2.75, 3.05) is 52.2 Å². The van der Waals surface area contributed by atoms with Crippen LogP contribution in [0.2, 0.25) is 0 Å². The molecule has 0 unspecified atom stereocenters. The minimum Gasteiger partial charge on any atom is -0.497 e. The highest BCUT2D eigenvalue weighted by molar-refractivity contribution is 7.92. The number of nitrogens with one attached hydrogen (secondary N) is 1. The molecule has 1 aliphatic heterocycles. The SMILES string of the molecule is COc1ccc(S(=O)(=O)Nc2ccc3c(c2)C(=O)N([C@@H](C)CO)C[C@H](C)[C@H](CN(C)C)OCCCC[C@H](C)O3)cc1. The fraction of sp³-hybridized carbons (Fsp3) is 0.567. The fourth-order valence-corrected chi connectivity index (χ4v) is 5.83. The molecular formula is C30H45N3O7S. The van der Waals surface area contributed by atoms with E-state index in [1.165, 1.54) is 25.3 Å². The van der Waals surface area contributed by atoms with Crippen LogP contribution in [0.15, 0.2) is 47.4 Å². The van der Waals surface area contributed by atoms with Gasteiger partial charge in [-0.05, 0) is 89.7 Å². The number of anilines is 1. The predicted molar refractivity (Wildman–Crippen MR) is 159 cm³/mol. The number of hydrogen-bond donors (Lipinski definition) is 2. The molecule has 1 heterocycles. The molecule has 0 fully saturated rings. The van der Waals surface area contributed by atoms with Gasteiger partial charge in [0.1, 0.15) is 11.5 Å². The molecule has 2 aromatic rings. The number of carbonyl (C=O) groups is 1. The smallest absolute Gasteiger partial charge is 0.261 e. The van der Waals surface area contributed by atoms with Gasteiger partial charge in [0.25, 0.3) is 15.9 Å². The summed E-state index contributed by atoms with van der Waals surface area (Å²) in [7, 11) is 1.55. The van der Waals surface area contributed by atoms with Gasteiger partial charge in [-0.2, -0.15) is 0 Å². The molecule has 41 heavy (non-hydrogen) atoms. The zero-order valence-electron chi connectivity index (χ0n) is 25.0. The number of benzene rings is 2. The topological polar surface area (TPSA) is 118 Å². The lowest BCUT2D eigenvalue weighted by molar-refractivity contribution is -0.0137. The van der Waals surface area contributed by atoms with Gasteiger partial charge in [-0.3, -0.25) is 9.52 Å². The second-order valence-corrected chi connectivity index (χ2v) is 12.7. The molecule has 0 radical (unpaired) electrons. The number of likely N-dealkylation sites (N-methyl/N-ethyl adjacent to an activating group) is 1. The summed E-state index contributed by atoms with van der Waals surface area (Å²) in [6, 6.07) is 10.3. The number of ether oxygens (including phenoxy) is 3. The maximum Gasteiger partial charge on any atom is 0.261 e. The molecule has 10 nitrogen and oxygen atoms in total. The highest BCUT2D eigenvalue weighted by Gasteiger charge is 2.30. The number of aliphatic hydroxyl groups excluding tert-OH is 1. The molecule has 0 saturated heterocycles. The van der Waals surface area contributed by atoms with Gasteiger partial charge >= 0.3 is 0 Å². The first-order chi connectivity index (χ1) is 19.4. The van der Waals surface area contributed by atoms with E-state index in [2.05, 4.69) is 9.62 Å². The van der Waals surface area contributed by atoms with Gasteiger partial charge in [-0.1, -0.05) is 6.92 Å². The summed E-state index contributed by atoms with van der Waals surface area (Å²) in [6.07, 6.45) is 2.28. The standard InChI is InChI=1S/C30H45N3O7S/c1-21-18-33(22(2)20-34)30(35)27-17-24(31-41(36,37)26-13-11-25(38-6)12-14-26)10-15-28(27)40-23(3)9-7-8-16-39-29(21)19-32(4)5/h10-15,17,21-23,29,31,34H,7-9,16,18-20H2,1-6H3/t21-,22-,23-,29-/m0/s1. The highest BCUT2D eigenvalue weighted by Crippen LogP contribution is 2.29. The predicted octanol–water partition coefficient (Wildman–Crippen LogP) is 3.85. The molecule has 2 N–H and O–H groups in total. The highest BCUT2D eigenvalue weighted by atomic mass is 32.2. The van der Waals surface area contributed by atoms with Crippen molar-refractivity contribution < 1.29 is 32.5 Å². The first kappa shape index (κ1) is 32.7. The summed E-state index contributed by atoms with van der Waals surface area (Å²) in [5.41, 5.74) is 0.449. The number of fused-ring (bicyclic) bond motifs is 1. The Kier molecular flexibility index (Phi) is 11.8. The molecule has 0 saturated carbocycles. The van der Waals surface area contributed by atoms with Crippen molar-refractivity contribution in [2.45, 2.75) is 63.2 Å². The lowest BCUT2D eigenvalue weighted by Crippen LogP contribution is -2.47. The zero-order chi connectivity index (χ0) is 30.2. The molecule has 0 bridgehead atoms. The average molecular weight is 592 g/mol. The number of methoxy groups -OCH3 is 1. The molecule has 1 aliphatic rings. The van der Waals surface area contributed by atoms with E-state index in [0.29, 0.717) is 31.2 Å². The van der Waals surface area contributed by atoms with Crippen molar-refractivity contribution in [2.24, 2.45) is 5.92 Å². The number of aliphatic hydroxyl groups is 1. The van der Waals surface area contributed by atoms with Crippen LogP contribution in [0.5, 0.6) is 11.5 Å². The number of rotatable bonds is 8. The van der Waals surface area contributed by atoms with E-state index in [4.69, 9.17) is 14.2 Å². The van der Waals surface area contributed by atoms with Crippen LogP contribution < -0.4 is 14.2 Å². The number of carbonyl (C=O) groups excluding carboxylic acids is 1. The summed E-state index contributed by atoms with van der Waals surface area (Å²) < 4.78 is 46.5. The van der Waals surface area contributed by atoms with Crippen molar-refractivity contribution >= 4 is 21.6 Å². The van der Waals surface area contributed by atoms with E-state index in [1.807, 2.05) is 27.9 Å². The maximum atomic E-state index is 14.1. The van der Waals surface area contributed by atoms with Crippen LogP contribution in [0.4, 0.5) is 5.69 Å². The van der Waals surface area contributed by atoms with Crippen LogP contribution in [0.3, 0.4) is 0 Å². The van der Waals surface area contributed by atoms with Gasteiger partial charge in [-0.15, -0.1) is 0 Å². The van der Waals surface area contributed by atoms with Crippen LogP contribution in [0, 0.1) is 5.92 Å². The molecule has 228 valence electrons. The van der Waals surface area contributed by atoms with Gasteiger partial charge < -0.3 is 29.1 Å². The van der Waals surface area contributed by atoms with Gasteiger partial charge in [0.2, 0.25) is 0 Å². The lowest BCUT2D eigenvalue weighted by Gasteiger charge is -2.35. The third-order valence-electron chi connectivity index (χ3n) is 7.22. The molecular weight excluding hydrogens is 546 g/mol. The average Bonchev–Trinajstić information content (AvgIpc) is 2.94. The van der Waals surface area contributed by atoms with Crippen LogP contribution >= 0.6 is 0 Å². The Morgan fingerprint density at radius 2 is 1.85 bits per heavy atom. The zero-order valence-corrected chi connectivity index (χ0v) is 25.8. The first-order valence-corrected chi connectivity index (χ1v) is 15.6. The molecule has 3 rings (SSSR count). The number of sulfonamides is 1. The van der Waals surface area contributed by atoms with E-state index in [0.717, 1.165) is 19.3 Å². The van der Waals surface area contributed by atoms with Gasteiger partial charge in [0.15, 0.2) is 0 Å². The van der Waals surface area contributed by atoms with Crippen LogP contribution in [0.1, 0.15) is 50.4 Å². The summed E-state index contributed by atoms with van der Waals surface area (Å²) in [6.45, 7) is 7.21. The second-order valence-electron chi connectivity index (χ2n) is 11.1. The largest absolute Gasteiger partial charge is 0.497 e. The Bertz CT molecular complexity index is 1240. The molecule has 0 aromatic heterocycles. The van der Waals surface area contributed by atoms with E-state index < -0.39 is 16.1 Å². The Balaban J connectivity index is 2.01. The van der Waals surface area contributed by atoms with E-state index >= 15 is 0 Å². The Morgan fingerprint density at radius 3 is 2.49 bits per heavy atom. The van der Waals surface area contributed by atoms with Gasteiger partial charge in [0.05, 0.1) is 42.4 Å². The van der Waals surface area contributed by atoms with Crippen molar-refractivity contribution in [1.82, 2.24) is 9.80 Å². The number of nitrogens with zero attached hydrogens (tertiary/aromatic N) is 2. The summed E-state index contributed by atoms with van der Waals surface area (Å²) in [5, 5.41) is 10.1. The van der Waals surface area contributed by atoms with Crippen LogP contribution in [-0.4, -0.2) is 95.0 Å². The molecule has 1 amide bonds.